The Morgan fingerprint density at radius 1 is 1.06 bits per heavy atom. The summed E-state index contributed by atoms with van der Waals surface area (Å²) in [6.45, 7) is 5.81. The zero-order valence-corrected chi connectivity index (χ0v) is 19.6. The molecule has 0 bridgehead atoms. The van der Waals surface area contributed by atoms with E-state index in [1.165, 1.54) is 0 Å². The molecule has 0 spiro atoms. The van der Waals surface area contributed by atoms with Crippen molar-refractivity contribution in [1.29, 1.82) is 0 Å². The Balaban J connectivity index is 1.46. The molecule has 5 rings (SSSR count). The number of rotatable bonds is 5. The third-order valence-electron chi connectivity index (χ3n) is 6.97. The molecule has 33 heavy (non-hydrogen) atoms. The largest absolute Gasteiger partial charge is 0.486 e. The van der Waals surface area contributed by atoms with Crippen molar-refractivity contribution < 1.29 is 23.1 Å². The molecule has 1 fully saturated rings. The van der Waals surface area contributed by atoms with Gasteiger partial charge in [0.1, 0.15) is 11.9 Å². The highest BCUT2D eigenvalue weighted by atomic mass is 32.2. The van der Waals surface area contributed by atoms with Crippen LogP contribution in [0.5, 0.6) is 5.75 Å². The van der Waals surface area contributed by atoms with Gasteiger partial charge < -0.3 is 9.84 Å². The number of carboxylic acids is 1. The van der Waals surface area contributed by atoms with Crippen LogP contribution in [0.3, 0.4) is 0 Å². The Morgan fingerprint density at radius 3 is 2.42 bits per heavy atom. The molecule has 2 aliphatic rings. The fraction of sp³-hybridized carbons (Fsp3) is 0.296. The molecule has 170 valence electrons. The first-order valence-electron chi connectivity index (χ1n) is 11.2. The van der Waals surface area contributed by atoms with Crippen LogP contribution >= 0.6 is 0 Å². The molecule has 1 N–H and O–H groups in total. The van der Waals surface area contributed by atoms with Crippen LogP contribution in [0.4, 0.5) is 0 Å². The highest BCUT2D eigenvalue weighted by Crippen LogP contribution is 2.48. The topological polar surface area (TPSA) is 80.7 Å². The Labute approximate surface area is 194 Å². The van der Waals surface area contributed by atoms with E-state index in [9.17, 15) is 13.2 Å². The zero-order chi connectivity index (χ0) is 23.5. The van der Waals surface area contributed by atoms with Crippen molar-refractivity contribution in [2.24, 2.45) is 5.92 Å². The van der Waals surface area contributed by atoms with Crippen LogP contribution in [0.2, 0.25) is 0 Å². The van der Waals surface area contributed by atoms with Gasteiger partial charge in [0, 0.05) is 5.92 Å². The van der Waals surface area contributed by atoms with Crippen LogP contribution in [0.15, 0.2) is 70.5 Å². The Hall–Kier alpha value is -3.12. The summed E-state index contributed by atoms with van der Waals surface area (Å²) in [5.74, 6) is -0.375. The van der Waals surface area contributed by atoms with Gasteiger partial charge in [-0.15, -0.1) is 0 Å². The van der Waals surface area contributed by atoms with E-state index in [0.717, 1.165) is 27.8 Å². The molecule has 1 saturated carbocycles. The highest BCUT2D eigenvalue weighted by Gasteiger charge is 2.44. The highest BCUT2D eigenvalue weighted by molar-refractivity contribution is 7.91. The van der Waals surface area contributed by atoms with Gasteiger partial charge in [-0.3, -0.25) is 4.79 Å². The molecule has 3 aromatic carbocycles. The van der Waals surface area contributed by atoms with Gasteiger partial charge in [0.2, 0.25) is 9.84 Å². The van der Waals surface area contributed by atoms with E-state index >= 15 is 0 Å². The molecule has 0 amide bonds. The third kappa shape index (κ3) is 3.53. The minimum Gasteiger partial charge on any atom is -0.486 e. The number of sulfone groups is 1. The Bertz CT molecular complexity index is 1360. The van der Waals surface area contributed by atoms with Gasteiger partial charge in [-0.1, -0.05) is 49.4 Å². The predicted octanol–water partition coefficient (Wildman–Crippen LogP) is 5.62. The second kappa shape index (κ2) is 7.73. The lowest BCUT2D eigenvalue weighted by Gasteiger charge is -2.30. The summed E-state index contributed by atoms with van der Waals surface area (Å²) in [5, 5.41) is 9.15. The van der Waals surface area contributed by atoms with Crippen LogP contribution in [0, 0.1) is 12.8 Å². The number of hydrogen-bond acceptors (Lipinski definition) is 4. The lowest BCUT2D eigenvalue weighted by Crippen LogP contribution is -2.21. The van der Waals surface area contributed by atoms with Crippen molar-refractivity contribution in [3.05, 3.63) is 88.5 Å². The van der Waals surface area contributed by atoms with Crippen molar-refractivity contribution in [3.63, 3.8) is 0 Å². The second-order valence-corrected chi connectivity index (χ2v) is 10.9. The average molecular weight is 463 g/mol. The van der Waals surface area contributed by atoms with E-state index < -0.39 is 15.8 Å². The van der Waals surface area contributed by atoms with Crippen molar-refractivity contribution in [2.45, 2.75) is 54.9 Å². The maximum atomic E-state index is 13.5. The Morgan fingerprint density at radius 2 is 1.76 bits per heavy atom. The smallest absolute Gasteiger partial charge is 0.307 e. The van der Waals surface area contributed by atoms with Crippen molar-refractivity contribution in [3.8, 4) is 5.75 Å². The van der Waals surface area contributed by atoms with Crippen LogP contribution in [0.25, 0.3) is 0 Å². The summed E-state index contributed by atoms with van der Waals surface area (Å²) in [5.41, 5.74) is 4.24. The van der Waals surface area contributed by atoms with E-state index in [2.05, 4.69) is 0 Å². The van der Waals surface area contributed by atoms with Crippen LogP contribution in [-0.4, -0.2) is 19.5 Å². The van der Waals surface area contributed by atoms with E-state index in [4.69, 9.17) is 9.84 Å². The van der Waals surface area contributed by atoms with Gasteiger partial charge in [-0.25, -0.2) is 8.42 Å². The maximum absolute atomic E-state index is 13.5. The molecule has 1 unspecified atom stereocenters. The summed E-state index contributed by atoms with van der Waals surface area (Å²) < 4.78 is 33.2. The van der Waals surface area contributed by atoms with Gasteiger partial charge in [0.25, 0.3) is 0 Å². The molecule has 1 aliphatic heterocycles. The van der Waals surface area contributed by atoms with Crippen molar-refractivity contribution >= 4 is 15.8 Å². The third-order valence-corrected chi connectivity index (χ3v) is 9.00. The summed E-state index contributed by atoms with van der Waals surface area (Å²) >= 11 is 0. The number of aliphatic carboxylic acids is 1. The number of fused-ring (bicyclic) bond motifs is 2. The molecular weight excluding hydrogens is 436 g/mol. The first-order chi connectivity index (χ1) is 15.7. The van der Waals surface area contributed by atoms with E-state index in [1.54, 1.807) is 12.1 Å². The Kier molecular flexibility index (Phi) is 5.09. The SMILES string of the molecule is Cc1cccc2c1S(=O)(=O)c1cccc([C@@H](C)Oc3ccc([C@H]4C[C@@H]4C(=O)O)cc3)c1C2C. The fourth-order valence-electron chi connectivity index (χ4n) is 5.16. The molecular formula is C27H26O5S. The summed E-state index contributed by atoms with van der Waals surface area (Å²) in [4.78, 5) is 11.9. The minimum absolute atomic E-state index is 0.0738. The van der Waals surface area contributed by atoms with Crippen molar-refractivity contribution in [2.75, 3.05) is 0 Å². The monoisotopic (exact) mass is 462 g/mol. The lowest BCUT2D eigenvalue weighted by molar-refractivity contribution is -0.138. The minimum atomic E-state index is -3.62. The van der Waals surface area contributed by atoms with Crippen LogP contribution in [0.1, 0.15) is 66.0 Å². The quantitative estimate of drug-likeness (QED) is 0.532. The normalized spacial score (nSPS) is 23.2. The van der Waals surface area contributed by atoms with E-state index in [0.29, 0.717) is 22.0 Å². The molecule has 0 radical (unpaired) electrons. The standard InChI is InChI=1S/C27H26O5S/c1-15-6-4-7-20-16(2)25-21(8-5-9-24(25)33(30,31)26(15)20)17(3)32-19-12-10-18(11-13-19)22-14-23(22)27(28)29/h4-13,16-17,22-23H,14H2,1-3H3,(H,28,29)/t16?,17-,22-,23+/m1/s1. The average Bonchev–Trinajstić information content (AvgIpc) is 3.59. The van der Waals surface area contributed by atoms with Crippen LogP contribution < -0.4 is 4.74 Å². The molecule has 5 nitrogen and oxygen atoms in total. The summed E-state index contributed by atoms with van der Waals surface area (Å²) in [7, 11) is -3.62. The number of carbonyl (C=O) groups is 1. The number of carboxylic acid groups (broad SMARTS) is 1. The van der Waals surface area contributed by atoms with E-state index in [1.807, 2.05) is 69.3 Å². The molecule has 6 heteroatoms. The molecule has 1 aliphatic carbocycles. The molecule has 0 aromatic heterocycles. The number of aryl methyl sites for hydroxylation is 1. The summed E-state index contributed by atoms with van der Waals surface area (Å²) in [6.07, 6.45) is 0.317. The zero-order valence-electron chi connectivity index (χ0n) is 18.8. The van der Waals surface area contributed by atoms with Crippen LogP contribution in [-0.2, 0) is 14.6 Å². The van der Waals surface area contributed by atoms with Gasteiger partial charge in [-0.2, -0.15) is 0 Å². The second-order valence-electron chi connectivity index (χ2n) is 9.09. The first kappa shape index (κ1) is 21.7. The van der Waals surface area contributed by atoms with Crippen molar-refractivity contribution in [1.82, 2.24) is 0 Å². The fourth-order valence-corrected chi connectivity index (χ4v) is 7.27. The number of hydrogen-bond donors (Lipinski definition) is 1. The molecule has 4 atom stereocenters. The molecule has 3 aromatic rings. The maximum Gasteiger partial charge on any atom is 0.307 e. The van der Waals surface area contributed by atoms with Gasteiger partial charge >= 0.3 is 5.97 Å². The van der Waals surface area contributed by atoms with Gasteiger partial charge in [-0.05, 0) is 72.2 Å². The summed E-state index contributed by atoms with van der Waals surface area (Å²) in [6, 6.07) is 18.6. The number of benzene rings is 3. The molecule has 0 saturated heterocycles. The molecule has 1 heterocycles. The predicted molar refractivity (Wildman–Crippen MR) is 125 cm³/mol. The lowest BCUT2D eigenvalue weighted by atomic mass is 9.87. The van der Waals surface area contributed by atoms with E-state index in [-0.39, 0.29) is 23.9 Å². The van der Waals surface area contributed by atoms with Gasteiger partial charge in [0.15, 0.2) is 0 Å². The van der Waals surface area contributed by atoms with Gasteiger partial charge in [0.05, 0.1) is 15.7 Å². The first-order valence-corrected chi connectivity index (χ1v) is 12.6. The number of ether oxygens (including phenoxy) is 1.